The number of rotatable bonds is 10. The lowest BCUT2D eigenvalue weighted by molar-refractivity contribution is -0.383. The lowest BCUT2D eigenvalue weighted by Gasteiger charge is -2.48. The lowest BCUT2D eigenvalue weighted by atomic mass is 9.96. The third kappa shape index (κ3) is 7.59. The van der Waals surface area contributed by atoms with Gasteiger partial charge in [0.25, 0.3) is 0 Å². The first-order valence-corrected chi connectivity index (χ1v) is 14.1. The second-order valence-corrected chi connectivity index (χ2v) is 11.2. The van der Waals surface area contributed by atoms with E-state index in [1.165, 1.54) is 0 Å². The van der Waals surface area contributed by atoms with Crippen LogP contribution in [0.4, 0.5) is 0 Å². The second-order valence-electron chi connectivity index (χ2n) is 11.2. The van der Waals surface area contributed by atoms with Crippen molar-refractivity contribution in [1.29, 1.82) is 0 Å². The Kier molecular flexibility index (Phi) is 12.8. The van der Waals surface area contributed by atoms with E-state index in [4.69, 9.17) is 33.2 Å². The molecule has 0 spiro atoms. The Balaban J connectivity index is 1.56. The van der Waals surface area contributed by atoms with E-state index in [1.807, 2.05) is 0 Å². The number of aliphatic hydroxyl groups excluding tert-OH is 14. The Morgan fingerprint density at radius 1 is 0.378 bits per heavy atom. The van der Waals surface area contributed by atoms with Gasteiger partial charge in [-0.2, -0.15) is 0 Å². The predicted octanol–water partition coefficient (Wildman–Crippen LogP) is -9.75. The van der Waals surface area contributed by atoms with Crippen molar-refractivity contribution in [3.8, 4) is 0 Å². The fourth-order valence-electron chi connectivity index (χ4n) is 5.44. The van der Waals surface area contributed by atoms with Gasteiger partial charge in [0.05, 0.1) is 26.4 Å². The molecule has 0 aliphatic carbocycles. The quantitative estimate of drug-likeness (QED) is 0.103. The van der Waals surface area contributed by atoms with Crippen molar-refractivity contribution in [2.45, 2.75) is 123 Å². The molecular formula is C24H42O21. The van der Waals surface area contributed by atoms with E-state index >= 15 is 0 Å². The van der Waals surface area contributed by atoms with E-state index in [9.17, 15) is 71.5 Å². The van der Waals surface area contributed by atoms with E-state index in [0.717, 1.165) is 0 Å². The molecule has 4 saturated heterocycles. The average molecular weight is 667 g/mol. The molecule has 0 aromatic rings. The molecule has 0 amide bonds. The first kappa shape index (κ1) is 37.0. The zero-order chi connectivity index (χ0) is 33.3. The summed E-state index contributed by atoms with van der Waals surface area (Å²) < 4.78 is 38.0. The highest BCUT2D eigenvalue weighted by atomic mass is 16.8. The molecule has 4 aliphatic rings. The van der Waals surface area contributed by atoms with Crippen molar-refractivity contribution < 1.29 is 105 Å². The van der Waals surface area contributed by atoms with Crippen LogP contribution in [0.5, 0.6) is 0 Å². The van der Waals surface area contributed by atoms with Crippen LogP contribution >= 0.6 is 0 Å². The Morgan fingerprint density at radius 3 is 1.29 bits per heavy atom. The first-order valence-electron chi connectivity index (χ1n) is 14.1. The van der Waals surface area contributed by atoms with E-state index in [1.54, 1.807) is 0 Å². The monoisotopic (exact) mass is 666 g/mol. The maximum absolute atomic E-state index is 11.1. The Morgan fingerprint density at radius 2 is 0.778 bits per heavy atom. The van der Waals surface area contributed by atoms with E-state index in [2.05, 4.69) is 0 Å². The Bertz CT molecular complexity index is 912. The minimum Gasteiger partial charge on any atom is -0.394 e. The zero-order valence-corrected chi connectivity index (χ0v) is 23.5. The SMILES string of the molecule is OC[C@H]1O[C@H](O)[C@H](O)[C@@H](O)C1O[C@H]1O[C@H](COC2O[C@H](CO)[C@@H](O)[C@H](O)[C@H]2O)C(O[C@H]2O[C@H](CO)[C@@H](O)[C@H](O)[C@H]2O)[C@H](O)[C@H]1O. The van der Waals surface area contributed by atoms with Crippen LogP contribution in [-0.4, -0.2) is 221 Å². The van der Waals surface area contributed by atoms with Gasteiger partial charge in [0.1, 0.15) is 97.7 Å². The molecule has 14 N–H and O–H groups in total. The molecule has 0 radical (unpaired) electrons. The van der Waals surface area contributed by atoms with E-state index < -0.39 is 149 Å². The minimum absolute atomic E-state index is 0.761. The number of hydrogen-bond acceptors (Lipinski definition) is 21. The third-order valence-corrected chi connectivity index (χ3v) is 8.18. The molecule has 264 valence electrons. The smallest absolute Gasteiger partial charge is 0.187 e. The summed E-state index contributed by atoms with van der Waals surface area (Å²) in [5.74, 6) is 0. The van der Waals surface area contributed by atoms with Gasteiger partial charge in [-0.3, -0.25) is 0 Å². The molecule has 45 heavy (non-hydrogen) atoms. The number of hydrogen-bond donors (Lipinski definition) is 14. The molecule has 21 nitrogen and oxygen atoms in total. The summed E-state index contributed by atoms with van der Waals surface area (Å²) in [4.78, 5) is 0. The summed E-state index contributed by atoms with van der Waals surface area (Å²) in [6, 6.07) is 0. The van der Waals surface area contributed by atoms with Crippen LogP contribution < -0.4 is 0 Å². The van der Waals surface area contributed by atoms with Gasteiger partial charge in [0.15, 0.2) is 25.2 Å². The maximum atomic E-state index is 11.1. The molecule has 0 bridgehead atoms. The van der Waals surface area contributed by atoms with E-state index in [-0.39, 0.29) is 0 Å². The standard InChI is InChI=1S/C24H42O21/c25-1-5-9(28)11(30)16(35)22(41-5)39-4-8-20(45-23-17(36)12(31)10(29)6(2-26)42-23)14(33)18(37)24(43-8)44-19-7(3-27)40-21(38)15(34)13(19)32/h5-38H,1-4H2/t5-,6-,7-,8-,9-,10-,11+,12+,13-,14-,15-,16-,17-,18-,19?,20?,21+,22?,23-,24-/m1/s1. The summed E-state index contributed by atoms with van der Waals surface area (Å²) in [5.41, 5.74) is 0. The first-order chi connectivity index (χ1) is 21.2. The molecule has 3 unspecified atom stereocenters. The van der Waals surface area contributed by atoms with Crippen LogP contribution in [0.15, 0.2) is 0 Å². The molecule has 4 rings (SSSR count). The summed E-state index contributed by atoms with van der Waals surface area (Å²) in [7, 11) is 0. The fourth-order valence-corrected chi connectivity index (χ4v) is 5.44. The van der Waals surface area contributed by atoms with Gasteiger partial charge in [-0.15, -0.1) is 0 Å². The second kappa shape index (κ2) is 15.6. The van der Waals surface area contributed by atoms with Crippen molar-refractivity contribution in [2.24, 2.45) is 0 Å². The highest BCUT2D eigenvalue weighted by molar-refractivity contribution is 4.97. The predicted molar refractivity (Wildman–Crippen MR) is 134 cm³/mol. The Labute approximate surface area is 254 Å². The molecule has 4 fully saturated rings. The molecule has 0 aromatic carbocycles. The van der Waals surface area contributed by atoms with Gasteiger partial charge in [-0.25, -0.2) is 0 Å². The van der Waals surface area contributed by atoms with Crippen molar-refractivity contribution in [3.05, 3.63) is 0 Å². The molecular weight excluding hydrogens is 624 g/mol. The maximum Gasteiger partial charge on any atom is 0.187 e. The van der Waals surface area contributed by atoms with Crippen molar-refractivity contribution in [3.63, 3.8) is 0 Å². The van der Waals surface area contributed by atoms with Gasteiger partial charge in [0, 0.05) is 0 Å². The highest BCUT2D eigenvalue weighted by Gasteiger charge is 2.54. The van der Waals surface area contributed by atoms with Crippen LogP contribution in [0.25, 0.3) is 0 Å². The summed E-state index contributed by atoms with van der Waals surface area (Å²) in [6.45, 7) is -3.21. The topological polar surface area (TPSA) is 348 Å². The fraction of sp³-hybridized carbons (Fsp3) is 1.00. The molecule has 0 aromatic heterocycles. The van der Waals surface area contributed by atoms with Gasteiger partial charge in [-0.05, 0) is 0 Å². The van der Waals surface area contributed by atoms with Crippen LogP contribution in [0.2, 0.25) is 0 Å². The molecule has 20 atom stereocenters. The van der Waals surface area contributed by atoms with Crippen molar-refractivity contribution in [2.75, 3.05) is 26.4 Å². The van der Waals surface area contributed by atoms with Crippen LogP contribution in [0.1, 0.15) is 0 Å². The Hall–Kier alpha value is -0.840. The summed E-state index contributed by atoms with van der Waals surface area (Å²) in [6.07, 6.45) is -35.6. The molecule has 4 aliphatic heterocycles. The molecule has 4 heterocycles. The van der Waals surface area contributed by atoms with Crippen LogP contribution in [0, 0.1) is 0 Å². The van der Waals surface area contributed by atoms with Crippen LogP contribution in [-0.2, 0) is 33.2 Å². The highest BCUT2D eigenvalue weighted by Crippen LogP contribution is 2.33. The van der Waals surface area contributed by atoms with Crippen molar-refractivity contribution in [1.82, 2.24) is 0 Å². The van der Waals surface area contributed by atoms with Gasteiger partial charge >= 0.3 is 0 Å². The number of aliphatic hydroxyl groups is 14. The number of ether oxygens (including phenoxy) is 7. The summed E-state index contributed by atoms with van der Waals surface area (Å²) in [5, 5.41) is 142. The average Bonchev–Trinajstić information content (AvgIpc) is 3.03. The van der Waals surface area contributed by atoms with Crippen molar-refractivity contribution >= 4 is 0 Å². The third-order valence-electron chi connectivity index (χ3n) is 8.18. The van der Waals surface area contributed by atoms with Gasteiger partial charge < -0.3 is 105 Å². The molecule has 21 heteroatoms. The zero-order valence-electron chi connectivity index (χ0n) is 23.5. The largest absolute Gasteiger partial charge is 0.394 e. The van der Waals surface area contributed by atoms with Gasteiger partial charge in [-0.1, -0.05) is 0 Å². The lowest BCUT2D eigenvalue weighted by Crippen LogP contribution is -2.67. The summed E-state index contributed by atoms with van der Waals surface area (Å²) >= 11 is 0. The van der Waals surface area contributed by atoms with Crippen LogP contribution in [0.3, 0.4) is 0 Å². The normalized spacial score (nSPS) is 52.9. The van der Waals surface area contributed by atoms with Gasteiger partial charge in [0.2, 0.25) is 0 Å². The van der Waals surface area contributed by atoms with E-state index in [0.29, 0.717) is 0 Å². The minimum atomic E-state index is -2.06. The molecule has 0 saturated carbocycles.